The summed E-state index contributed by atoms with van der Waals surface area (Å²) < 4.78 is 0. The minimum atomic E-state index is -0.663. The zero-order valence-electron chi connectivity index (χ0n) is 17.0. The van der Waals surface area contributed by atoms with Gasteiger partial charge in [-0.25, -0.2) is 0 Å². The predicted molar refractivity (Wildman–Crippen MR) is 115 cm³/mol. The third-order valence-electron chi connectivity index (χ3n) is 5.41. The standard InChI is InChI=1S/C23H24N4O3/c1-26(2)12-5-13-27-20(15-8-10-24-11-9-15)19(22(29)23(27)30)21(28)17-14-25-18-7-4-3-6-16(17)18/h3-4,6-11,14,20,25,28H,5,12-13H2,1-2H3/b21-19+/t20-/m1/s1. The lowest BCUT2D eigenvalue weighted by Crippen LogP contribution is -2.32. The minimum Gasteiger partial charge on any atom is -0.507 e. The smallest absolute Gasteiger partial charge is 0.295 e. The summed E-state index contributed by atoms with van der Waals surface area (Å²) >= 11 is 0. The average molecular weight is 404 g/mol. The number of aliphatic hydroxyl groups excluding tert-OH is 1. The fourth-order valence-electron chi connectivity index (χ4n) is 3.97. The predicted octanol–water partition coefficient (Wildman–Crippen LogP) is 2.94. The van der Waals surface area contributed by atoms with Gasteiger partial charge >= 0.3 is 0 Å². The van der Waals surface area contributed by atoms with Crippen molar-refractivity contribution in [3.8, 4) is 0 Å². The number of pyridine rings is 1. The van der Waals surface area contributed by atoms with Crippen LogP contribution in [0.25, 0.3) is 16.7 Å². The van der Waals surface area contributed by atoms with Crippen LogP contribution in [-0.4, -0.2) is 63.7 Å². The maximum absolute atomic E-state index is 13.0. The van der Waals surface area contributed by atoms with Gasteiger partial charge in [0, 0.05) is 41.6 Å². The molecule has 1 fully saturated rings. The van der Waals surface area contributed by atoms with Crippen LogP contribution in [0.1, 0.15) is 23.6 Å². The van der Waals surface area contributed by atoms with Gasteiger partial charge in [-0.2, -0.15) is 0 Å². The number of likely N-dealkylation sites (tertiary alicyclic amines) is 1. The third kappa shape index (κ3) is 3.48. The van der Waals surface area contributed by atoms with E-state index in [1.54, 1.807) is 35.6 Å². The molecule has 7 heteroatoms. The first-order valence-corrected chi connectivity index (χ1v) is 9.88. The topological polar surface area (TPSA) is 89.5 Å². The second-order valence-corrected chi connectivity index (χ2v) is 7.68. The molecule has 0 spiro atoms. The molecule has 3 aromatic rings. The first-order valence-electron chi connectivity index (χ1n) is 9.88. The number of amides is 1. The summed E-state index contributed by atoms with van der Waals surface area (Å²) in [6.45, 7) is 1.20. The Morgan fingerprint density at radius 3 is 2.63 bits per heavy atom. The fraction of sp³-hybridized carbons (Fsp3) is 0.261. The molecule has 0 radical (unpaired) electrons. The zero-order valence-corrected chi connectivity index (χ0v) is 17.0. The number of benzene rings is 1. The van der Waals surface area contributed by atoms with Crippen LogP contribution in [-0.2, 0) is 9.59 Å². The summed E-state index contributed by atoms with van der Waals surface area (Å²) in [4.78, 5) is 36.7. The Morgan fingerprint density at radius 1 is 1.17 bits per heavy atom. The minimum absolute atomic E-state index is 0.112. The van der Waals surface area contributed by atoms with Crippen molar-refractivity contribution in [3.63, 3.8) is 0 Å². The van der Waals surface area contributed by atoms with E-state index >= 15 is 0 Å². The number of carbonyl (C=O) groups excluding carboxylic acids is 2. The SMILES string of the molecule is CN(C)CCCN1C(=O)C(=O)/C(=C(/O)c2c[nH]c3ccccc23)[C@H]1c1ccncc1. The van der Waals surface area contributed by atoms with E-state index in [1.807, 2.05) is 43.3 Å². The van der Waals surface area contributed by atoms with E-state index in [2.05, 4.69) is 9.97 Å². The van der Waals surface area contributed by atoms with E-state index in [0.717, 1.165) is 23.0 Å². The maximum atomic E-state index is 13.0. The molecule has 2 aromatic heterocycles. The van der Waals surface area contributed by atoms with E-state index in [4.69, 9.17) is 0 Å². The van der Waals surface area contributed by atoms with Crippen molar-refractivity contribution >= 4 is 28.4 Å². The Balaban J connectivity index is 1.83. The van der Waals surface area contributed by atoms with E-state index in [1.165, 1.54) is 0 Å². The molecule has 1 saturated heterocycles. The summed E-state index contributed by atoms with van der Waals surface area (Å²) in [7, 11) is 3.93. The Bertz CT molecular complexity index is 1120. The van der Waals surface area contributed by atoms with Gasteiger partial charge < -0.3 is 19.9 Å². The highest BCUT2D eigenvalue weighted by atomic mass is 16.3. The number of Topliss-reactive ketones (excluding diaryl/α,β-unsaturated/α-hetero) is 1. The van der Waals surface area contributed by atoms with Crippen LogP contribution in [0.15, 0.2) is 60.6 Å². The van der Waals surface area contributed by atoms with Gasteiger partial charge in [0.2, 0.25) is 0 Å². The Kier molecular flexibility index (Phi) is 5.37. The van der Waals surface area contributed by atoms with Gasteiger partial charge in [0.05, 0.1) is 11.6 Å². The second-order valence-electron chi connectivity index (χ2n) is 7.68. The Hall–Kier alpha value is -3.45. The normalized spacial score (nSPS) is 18.6. The highest BCUT2D eigenvalue weighted by Gasteiger charge is 2.46. The van der Waals surface area contributed by atoms with Crippen molar-refractivity contribution in [3.05, 3.63) is 71.7 Å². The number of hydrogen-bond donors (Lipinski definition) is 2. The molecule has 0 aliphatic carbocycles. The van der Waals surface area contributed by atoms with Gasteiger partial charge in [0.15, 0.2) is 0 Å². The highest BCUT2D eigenvalue weighted by Crippen LogP contribution is 2.40. The lowest BCUT2D eigenvalue weighted by atomic mass is 9.96. The number of fused-ring (bicyclic) bond motifs is 1. The van der Waals surface area contributed by atoms with Gasteiger partial charge in [0.25, 0.3) is 11.7 Å². The number of aliphatic hydroxyl groups is 1. The number of nitrogens with zero attached hydrogens (tertiary/aromatic N) is 3. The molecule has 1 amide bonds. The molecule has 0 unspecified atom stereocenters. The van der Waals surface area contributed by atoms with Crippen LogP contribution in [0.3, 0.4) is 0 Å². The quantitative estimate of drug-likeness (QED) is 0.375. The largest absolute Gasteiger partial charge is 0.507 e. The molecular weight excluding hydrogens is 380 g/mol. The molecule has 4 rings (SSSR count). The number of hydrogen-bond acceptors (Lipinski definition) is 5. The molecule has 154 valence electrons. The fourth-order valence-corrected chi connectivity index (χ4v) is 3.97. The summed E-state index contributed by atoms with van der Waals surface area (Å²) in [5.41, 5.74) is 2.21. The molecular formula is C23H24N4O3. The van der Waals surface area contributed by atoms with Gasteiger partial charge in [-0.05, 0) is 50.8 Å². The van der Waals surface area contributed by atoms with Gasteiger partial charge in [-0.3, -0.25) is 14.6 Å². The van der Waals surface area contributed by atoms with Crippen LogP contribution in [0.4, 0.5) is 0 Å². The van der Waals surface area contributed by atoms with Crippen molar-refractivity contribution in [2.45, 2.75) is 12.5 Å². The summed E-state index contributed by atoms with van der Waals surface area (Å²) in [6, 6.07) is 10.4. The van der Waals surface area contributed by atoms with Crippen molar-refractivity contribution in [1.29, 1.82) is 0 Å². The molecule has 1 aliphatic heterocycles. The summed E-state index contributed by atoms with van der Waals surface area (Å²) in [5.74, 6) is -1.41. The average Bonchev–Trinajstić information content (AvgIpc) is 3.28. The van der Waals surface area contributed by atoms with Crippen LogP contribution in [0, 0.1) is 0 Å². The number of para-hydroxylation sites is 1. The molecule has 3 heterocycles. The monoisotopic (exact) mass is 404 g/mol. The molecule has 0 saturated carbocycles. The zero-order chi connectivity index (χ0) is 21.3. The van der Waals surface area contributed by atoms with Crippen molar-refractivity contribution < 1.29 is 14.7 Å². The van der Waals surface area contributed by atoms with E-state index in [9.17, 15) is 14.7 Å². The number of aromatic amines is 1. The lowest BCUT2D eigenvalue weighted by molar-refractivity contribution is -0.139. The van der Waals surface area contributed by atoms with Crippen molar-refractivity contribution in [1.82, 2.24) is 19.8 Å². The molecule has 2 N–H and O–H groups in total. The molecule has 1 atom stereocenters. The molecule has 30 heavy (non-hydrogen) atoms. The number of carbonyl (C=O) groups is 2. The molecule has 7 nitrogen and oxygen atoms in total. The van der Waals surface area contributed by atoms with Crippen molar-refractivity contribution in [2.24, 2.45) is 0 Å². The molecule has 1 aliphatic rings. The molecule has 0 bridgehead atoms. The van der Waals surface area contributed by atoms with Crippen LogP contribution in [0.2, 0.25) is 0 Å². The van der Waals surface area contributed by atoms with E-state index in [0.29, 0.717) is 18.5 Å². The number of rotatable bonds is 6. The van der Waals surface area contributed by atoms with Crippen LogP contribution >= 0.6 is 0 Å². The van der Waals surface area contributed by atoms with E-state index < -0.39 is 17.7 Å². The number of ketones is 1. The van der Waals surface area contributed by atoms with Gasteiger partial charge in [-0.15, -0.1) is 0 Å². The highest BCUT2D eigenvalue weighted by molar-refractivity contribution is 6.46. The van der Waals surface area contributed by atoms with E-state index in [-0.39, 0.29) is 11.3 Å². The first kappa shape index (κ1) is 19.8. The van der Waals surface area contributed by atoms with Gasteiger partial charge in [-0.1, -0.05) is 18.2 Å². The second kappa shape index (κ2) is 8.12. The number of nitrogens with one attached hydrogen (secondary N) is 1. The van der Waals surface area contributed by atoms with Crippen LogP contribution < -0.4 is 0 Å². The number of H-pyrrole nitrogens is 1. The number of aromatic nitrogens is 2. The Labute approximate surface area is 174 Å². The third-order valence-corrected chi connectivity index (χ3v) is 5.41. The Morgan fingerprint density at radius 2 is 1.90 bits per heavy atom. The maximum Gasteiger partial charge on any atom is 0.295 e. The van der Waals surface area contributed by atoms with Crippen molar-refractivity contribution in [2.75, 3.05) is 27.2 Å². The van der Waals surface area contributed by atoms with Gasteiger partial charge in [0.1, 0.15) is 5.76 Å². The summed E-state index contributed by atoms with van der Waals surface area (Å²) in [6.07, 6.45) is 5.64. The first-order chi connectivity index (χ1) is 14.5. The summed E-state index contributed by atoms with van der Waals surface area (Å²) in [5, 5.41) is 12.0. The molecule has 1 aromatic carbocycles. The van der Waals surface area contributed by atoms with Crippen LogP contribution in [0.5, 0.6) is 0 Å². The lowest BCUT2D eigenvalue weighted by Gasteiger charge is -2.25.